The number of carbonyl (C=O) groups excluding carboxylic acids is 1. The quantitative estimate of drug-likeness (QED) is 0.670. The molecule has 27 heavy (non-hydrogen) atoms. The summed E-state index contributed by atoms with van der Waals surface area (Å²) in [5, 5.41) is 6.02. The van der Waals surface area contributed by atoms with E-state index in [2.05, 4.69) is 20.6 Å². The molecule has 0 atom stereocenters. The number of methoxy groups -OCH3 is 2. The molecule has 7 nitrogen and oxygen atoms in total. The van der Waals surface area contributed by atoms with Crippen LogP contribution in [0.15, 0.2) is 61.1 Å². The van der Waals surface area contributed by atoms with Crippen LogP contribution in [-0.2, 0) is 6.54 Å². The summed E-state index contributed by atoms with van der Waals surface area (Å²) in [7, 11) is 3.19. The van der Waals surface area contributed by atoms with Gasteiger partial charge in [0.15, 0.2) is 0 Å². The summed E-state index contributed by atoms with van der Waals surface area (Å²) in [6, 6.07) is 12.6. The number of amides is 1. The van der Waals surface area contributed by atoms with Gasteiger partial charge >= 0.3 is 0 Å². The van der Waals surface area contributed by atoms with Crippen LogP contribution in [-0.4, -0.2) is 30.1 Å². The SMILES string of the molecule is COc1ccc(OC)c(Nc2ccc(C(=O)NCc3ccncc3)cn2)c1. The van der Waals surface area contributed by atoms with Gasteiger partial charge in [-0.15, -0.1) is 0 Å². The number of hydrogen-bond donors (Lipinski definition) is 2. The summed E-state index contributed by atoms with van der Waals surface area (Å²) in [6.07, 6.45) is 4.91. The lowest BCUT2D eigenvalue weighted by molar-refractivity contribution is 0.0950. The van der Waals surface area contributed by atoms with E-state index in [1.807, 2.05) is 30.3 Å². The fourth-order valence-corrected chi connectivity index (χ4v) is 2.44. The first-order chi connectivity index (χ1) is 13.2. The van der Waals surface area contributed by atoms with E-state index in [1.165, 1.54) is 6.20 Å². The molecule has 3 rings (SSSR count). The van der Waals surface area contributed by atoms with Gasteiger partial charge in [0.05, 0.1) is 25.5 Å². The lowest BCUT2D eigenvalue weighted by atomic mass is 10.2. The molecule has 2 aromatic heterocycles. The number of benzene rings is 1. The zero-order chi connectivity index (χ0) is 19.1. The van der Waals surface area contributed by atoms with Crippen molar-refractivity contribution in [2.45, 2.75) is 6.54 Å². The maximum atomic E-state index is 12.2. The number of carbonyl (C=O) groups is 1. The molecule has 0 aliphatic carbocycles. The van der Waals surface area contributed by atoms with Crippen LogP contribution >= 0.6 is 0 Å². The average molecular weight is 364 g/mol. The lowest BCUT2D eigenvalue weighted by Crippen LogP contribution is -2.22. The molecule has 1 aromatic carbocycles. The van der Waals surface area contributed by atoms with Gasteiger partial charge in [-0.2, -0.15) is 0 Å². The Balaban J connectivity index is 1.66. The van der Waals surface area contributed by atoms with Gasteiger partial charge in [-0.3, -0.25) is 9.78 Å². The Morgan fingerprint density at radius 2 is 1.85 bits per heavy atom. The zero-order valence-electron chi connectivity index (χ0n) is 15.1. The Hall–Kier alpha value is -3.61. The Morgan fingerprint density at radius 3 is 2.52 bits per heavy atom. The standard InChI is InChI=1S/C20H20N4O3/c1-26-16-4-5-18(27-2)17(11-16)24-19-6-3-15(13-22-19)20(25)23-12-14-7-9-21-10-8-14/h3-11,13H,12H2,1-2H3,(H,22,24)(H,23,25). The molecule has 0 aliphatic heterocycles. The predicted molar refractivity (Wildman–Crippen MR) is 102 cm³/mol. The van der Waals surface area contributed by atoms with Gasteiger partial charge in [-0.05, 0) is 42.0 Å². The van der Waals surface area contributed by atoms with Crippen molar-refractivity contribution in [1.29, 1.82) is 0 Å². The van der Waals surface area contributed by atoms with Crippen LogP contribution < -0.4 is 20.1 Å². The second-order valence-corrected chi connectivity index (χ2v) is 5.66. The molecule has 0 fully saturated rings. The molecule has 138 valence electrons. The van der Waals surface area contributed by atoms with Crippen LogP contribution in [0.1, 0.15) is 15.9 Å². The van der Waals surface area contributed by atoms with Gasteiger partial charge < -0.3 is 20.1 Å². The number of anilines is 2. The minimum absolute atomic E-state index is 0.190. The molecular weight excluding hydrogens is 344 g/mol. The summed E-state index contributed by atoms with van der Waals surface area (Å²) < 4.78 is 10.6. The van der Waals surface area contributed by atoms with Crippen molar-refractivity contribution in [3.8, 4) is 11.5 Å². The lowest BCUT2D eigenvalue weighted by Gasteiger charge is -2.12. The minimum Gasteiger partial charge on any atom is -0.497 e. The number of hydrogen-bond acceptors (Lipinski definition) is 6. The first kappa shape index (κ1) is 18.2. The molecule has 0 unspecified atom stereocenters. The predicted octanol–water partition coefficient (Wildman–Crippen LogP) is 3.17. The van der Waals surface area contributed by atoms with Crippen LogP contribution in [0.5, 0.6) is 11.5 Å². The van der Waals surface area contributed by atoms with Crippen LogP contribution in [0.4, 0.5) is 11.5 Å². The van der Waals surface area contributed by atoms with Gasteiger partial charge in [0, 0.05) is 31.2 Å². The molecule has 0 radical (unpaired) electrons. The number of pyridine rings is 2. The van der Waals surface area contributed by atoms with E-state index in [1.54, 1.807) is 38.7 Å². The van der Waals surface area contributed by atoms with E-state index in [0.29, 0.717) is 29.4 Å². The smallest absolute Gasteiger partial charge is 0.253 e. The molecule has 0 saturated heterocycles. The fourth-order valence-electron chi connectivity index (χ4n) is 2.44. The number of nitrogens with one attached hydrogen (secondary N) is 2. The number of nitrogens with zero attached hydrogens (tertiary/aromatic N) is 2. The van der Waals surface area contributed by atoms with Crippen molar-refractivity contribution in [2.75, 3.05) is 19.5 Å². The summed E-state index contributed by atoms with van der Waals surface area (Å²) in [6.45, 7) is 0.433. The Kier molecular flexibility index (Phi) is 5.84. The molecular formula is C20H20N4O3. The van der Waals surface area contributed by atoms with Crippen molar-refractivity contribution >= 4 is 17.4 Å². The molecule has 3 aromatic rings. The Labute approximate surface area is 157 Å². The zero-order valence-corrected chi connectivity index (χ0v) is 15.1. The second kappa shape index (κ2) is 8.66. The molecule has 0 saturated carbocycles. The van der Waals surface area contributed by atoms with E-state index in [4.69, 9.17) is 9.47 Å². The number of ether oxygens (including phenoxy) is 2. The topological polar surface area (TPSA) is 85.4 Å². The molecule has 1 amide bonds. The Morgan fingerprint density at radius 1 is 1.04 bits per heavy atom. The molecule has 0 spiro atoms. The third kappa shape index (κ3) is 4.72. The van der Waals surface area contributed by atoms with Crippen LogP contribution in [0, 0.1) is 0 Å². The highest BCUT2D eigenvalue weighted by atomic mass is 16.5. The third-order valence-electron chi connectivity index (χ3n) is 3.90. The monoisotopic (exact) mass is 364 g/mol. The average Bonchev–Trinajstić information content (AvgIpc) is 2.73. The second-order valence-electron chi connectivity index (χ2n) is 5.66. The van der Waals surface area contributed by atoms with Crippen molar-refractivity contribution in [1.82, 2.24) is 15.3 Å². The van der Waals surface area contributed by atoms with Crippen molar-refractivity contribution in [3.63, 3.8) is 0 Å². The molecule has 7 heteroatoms. The maximum Gasteiger partial charge on any atom is 0.253 e. The van der Waals surface area contributed by atoms with Crippen molar-refractivity contribution in [3.05, 3.63) is 72.2 Å². The first-order valence-corrected chi connectivity index (χ1v) is 8.32. The van der Waals surface area contributed by atoms with E-state index >= 15 is 0 Å². The number of aromatic nitrogens is 2. The van der Waals surface area contributed by atoms with Crippen molar-refractivity contribution in [2.24, 2.45) is 0 Å². The van der Waals surface area contributed by atoms with Crippen molar-refractivity contribution < 1.29 is 14.3 Å². The summed E-state index contributed by atoms with van der Waals surface area (Å²) >= 11 is 0. The normalized spacial score (nSPS) is 10.1. The highest BCUT2D eigenvalue weighted by Crippen LogP contribution is 2.30. The highest BCUT2D eigenvalue weighted by molar-refractivity contribution is 5.94. The van der Waals surface area contributed by atoms with Crippen LogP contribution in [0.2, 0.25) is 0 Å². The van der Waals surface area contributed by atoms with Crippen LogP contribution in [0.3, 0.4) is 0 Å². The van der Waals surface area contributed by atoms with Crippen LogP contribution in [0.25, 0.3) is 0 Å². The van der Waals surface area contributed by atoms with Gasteiger partial charge in [0.2, 0.25) is 0 Å². The molecule has 2 N–H and O–H groups in total. The number of rotatable bonds is 7. The highest BCUT2D eigenvalue weighted by Gasteiger charge is 2.09. The maximum absolute atomic E-state index is 12.2. The fraction of sp³-hybridized carbons (Fsp3) is 0.150. The molecule has 0 bridgehead atoms. The summed E-state index contributed by atoms with van der Waals surface area (Å²) in [5.41, 5.74) is 2.18. The van der Waals surface area contributed by atoms with E-state index in [-0.39, 0.29) is 5.91 Å². The third-order valence-corrected chi connectivity index (χ3v) is 3.90. The van der Waals surface area contributed by atoms with Gasteiger partial charge in [0.1, 0.15) is 17.3 Å². The van der Waals surface area contributed by atoms with Gasteiger partial charge in [-0.1, -0.05) is 0 Å². The summed E-state index contributed by atoms with van der Waals surface area (Å²) in [5.74, 6) is 1.76. The Bertz CT molecular complexity index is 899. The van der Waals surface area contributed by atoms with E-state index in [9.17, 15) is 4.79 Å². The largest absolute Gasteiger partial charge is 0.497 e. The molecule has 0 aliphatic rings. The first-order valence-electron chi connectivity index (χ1n) is 8.32. The van der Waals surface area contributed by atoms with E-state index < -0.39 is 0 Å². The van der Waals surface area contributed by atoms with E-state index in [0.717, 1.165) is 11.3 Å². The van der Waals surface area contributed by atoms with Gasteiger partial charge in [0.25, 0.3) is 5.91 Å². The summed E-state index contributed by atoms with van der Waals surface area (Å²) in [4.78, 5) is 20.5. The minimum atomic E-state index is -0.190. The van der Waals surface area contributed by atoms with Gasteiger partial charge in [-0.25, -0.2) is 4.98 Å². The molecule has 2 heterocycles.